The summed E-state index contributed by atoms with van der Waals surface area (Å²) < 4.78 is 18.2. The van der Waals surface area contributed by atoms with E-state index in [1.807, 2.05) is 22.7 Å². The van der Waals surface area contributed by atoms with E-state index in [9.17, 15) is 5.26 Å². The van der Waals surface area contributed by atoms with E-state index in [4.69, 9.17) is 14.2 Å². The molecule has 1 saturated carbocycles. The molecule has 2 aliphatic rings. The van der Waals surface area contributed by atoms with E-state index in [1.165, 1.54) is 6.20 Å². The number of aromatic nitrogens is 5. The molecular weight excluding hydrogens is 398 g/mol. The van der Waals surface area contributed by atoms with Crippen molar-refractivity contribution < 1.29 is 14.2 Å². The van der Waals surface area contributed by atoms with Crippen LogP contribution in [0.4, 0.5) is 5.95 Å². The van der Waals surface area contributed by atoms with Gasteiger partial charge >= 0.3 is 0 Å². The number of rotatable bonds is 6. The third-order valence-corrected chi connectivity index (χ3v) is 5.78. The zero-order valence-electron chi connectivity index (χ0n) is 17.2. The summed E-state index contributed by atoms with van der Waals surface area (Å²) in [4.78, 5) is 8.76. The van der Waals surface area contributed by atoms with Crippen LogP contribution in [-0.4, -0.2) is 57.0 Å². The maximum atomic E-state index is 9.31. The van der Waals surface area contributed by atoms with Gasteiger partial charge in [0.2, 0.25) is 11.8 Å². The minimum absolute atomic E-state index is 0.0613. The molecule has 10 heteroatoms. The molecule has 4 heterocycles. The molecule has 160 valence electrons. The Bertz CT molecular complexity index is 1120. The number of nitrogens with one attached hydrogen (secondary N) is 1. The van der Waals surface area contributed by atoms with Crippen LogP contribution >= 0.6 is 0 Å². The number of nitriles is 1. The van der Waals surface area contributed by atoms with Crippen LogP contribution in [0.2, 0.25) is 0 Å². The van der Waals surface area contributed by atoms with Gasteiger partial charge in [-0.15, -0.1) is 10.2 Å². The second-order valence-corrected chi connectivity index (χ2v) is 7.86. The van der Waals surface area contributed by atoms with Gasteiger partial charge in [-0.25, -0.2) is 4.98 Å². The lowest BCUT2D eigenvalue weighted by atomic mass is 9.85. The van der Waals surface area contributed by atoms with Crippen molar-refractivity contribution in [2.45, 2.75) is 43.7 Å². The molecule has 0 bridgehead atoms. The third kappa shape index (κ3) is 3.96. The highest BCUT2D eigenvalue weighted by atomic mass is 16.6. The van der Waals surface area contributed by atoms with Crippen LogP contribution in [0.15, 0.2) is 24.5 Å². The highest BCUT2D eigenvalue weighted by Gasteiger charge is 2.28. The largest absolute Gasteiger partial charge is 0.497 e. The molecule has 3 aromatic heterocycles. The quantitative estimate of drug-likeness (QED) is 0.639. The molecule has 0 aromatic carbocycles. The Hall–Kier alpha value is -3.45. The number of methoxy groups -OCH3 is 1. The molecule has 0 amide bonds. The van der Waals surface area contributed by atoms with Gasteiger partial charge in [0.05, 0.1) is 26.5 Å². The average molecular weight is 421 g/mol. The first-order valence-electron chi connectivity index (χ1n) is 10.4. The van der Waals surface area contributed by atoms with Gasteiger partial charge in [-0.2, -0.15) is 10.2 Å². The van der Waals surface area contributed by atoms with Crippen molar-refractivity contribution in [3.05, 3.63) is 35.9 Å². The first-order valence-corrected chi connectivity index (χ1v) is 10.4. The van der Waals surface area contributed by atoms with Crippen LogP contribution < -0.4 is 14.8 Å². The molecule has 1 N–H and O–H groups in total. The molecule has 10 nitrogen and oxygen atoms in total. The number of nitrogens with zero attached hydrogens (tertiary/aromatic N) is 6. The minimum atomic E-state index is -0.0613. The fourth-order valence-corrected chi connectivity index (χ4v) is 4.08. The van der Waals surface area contributed by atoms with Gasteiger partial charge in [-0.1, -0.05) is 6.42 Å². The molecule has 1 aliphatic carbocycles. The van der Waals surface area contributed by atoms with E-state index >= 15 is 0 Å². The maximum Gasteiger partial charge on any atom is 0.237 e. The van der Waals surface area contributed by atoms with Crippen molar-refractivity contribution >= 4 is 11.6 Å². The first-order chi connectivity index (χ1) is 15.2. The first kappa shape index (κ1) is 19.5. The molecule has 1 saturated heterocycles. The summed E-state index contributed by atoms with van der Waals surface area (Å²) in [5.74, 6) is 2.77. The van der Waals surface area contributed by atoms with Crippen molar-refractivity contribution in [3.63, 3.8) is 0 Å². The summed E-state index contributed by atoms with van der Waals surface area (Å²) in [6.07, 6.45) is 7.41. The van der Waals surface area contributed by atoms with Crippen molar-refractivity contribution in [1.29, 1.82) is 5.26 Å². The summed E-state index contributed by atoms with van der Waals surface area (Å²) in [5, 5.41) is 21.5. The van der Waals surface area contributed by atoms with Crippen molar-refractivity contribution in [2.24, 2.45) is 0 Å². The van der Waals surface area contributed by atoms with Crippen molar-refractivity contribution in [2.75, 3.05) is 25.6 Å². The molecule has 2 atom stereocenters. The van der Waals surface area contributed by atoms with E-state index in [0.717, 1.165) is 42.9 Å². The molecular formula is C21H23N7O3. The van der Waals surface area contributed by atoms with Crippen LogP contribution in [0.1, 0.15) is 43.0 Å². The number of anilines is 1. The fraction of sp³-hybridized carbons (Fsp3) is 0.476. The number of ether oxygens (including phenoxy) is 3. The predicted octanol–water partition coefficient (Wildman–Crippen LogP) is 2.32. The van der Waals surface area contributed by atoms with Gasteiger partial charge in [-0.05, 0) is 25.3 Å². The molecule has 0 spiro atoms. The second-order valence-electron chi connectivity index (χ2n) is 7.86. The summed E-state index contributed by atoms with van der Waals surface area (Å²) in [5.41, 5.74) is 1.10. The average Bonchev–Trinajstić information content (AvgIpc) is 3.20. The number of fused-ring (bicyclic) bond motifs is 1. The molecule has 0 unspecified atom stereocenters. The van der Waals surface area contributed by atoms with Crippen LogP contribution in [0.25, 0.3) is 5.65 Å². The lowest BCUT2D eigenvalue weighted by molar-refractivity contribution is -0.0814. The zero-order valence-corrected chi connectivity index (χ0v) is 17.2. The van der Waals surface area contributed by atoms with E-state index in [0.29, 0.717) is 30.6 Å². The smallest absolute Gasteiger partial charge is 0.237 e. The van der Waals surface area contributed by atoms with Crippen LogP contribution in [-0.2, 0) is 4.74 Å². The highest BCUT2D eigenvalue weighted by Crippen LogP contribution is 2.34. The summed E-state index contributed by atoms with van der Waals surface area (Å²) in [6, 6.07) is 6.07. The lowest BCUT2D eigenvalue weighted by Crippen LogP contribution is -2.39. The highest BCUT2D eigenvalue weighted by molar-refractivity contribution is 5.45. The Balaban J connectivity index is 1.31. The number of pyridine rings is 1. The van der Waals surface area contributed by atoms with Crippen LogP contribution in [0.3, 0.4) is 0 Å². The molecule has 5 rings (SSSR count). The van der Waals surface area contributed by atoms with Gasteiger partial charge in [-0.3, -0.25) is 4.40 Å². The molecule has 1 aliphatic heterocycles. The predicted molar refractivity (Wildman–Crippen MR) is 110 cm³/mol. The molecule has 31 heavy (non-hydrogen) atoms. The monoisotopic (exact) mass is 421 g/mol. The van der Waals surface area contributed by atoms with Crippen molar-refractivity contribution in [3.8, 4) is 17.7 Å². The lowest BCUT2D eigenvalue weighted by Gasteiger charge is -2.29. The SMILES string of the molecule is COc1ccn2c([C@H]3CCC[C@@H](Nc4ncc(C#N)c(OC5COC5)n4)C3)nnc2c1. The van der Waals surface area contributed by atoms with Gasteiger partial charge in [0, 0.05) is 24.2 Å². The number of hydrogen-bond donors (Lipinski definition) is 1. The summed E-state index contributed by atoms with van der Waals surface area (Å²) in [6.45, 7) is 1.03. The van der Waals surface area contributed by atoms with E-state index in [1.54, 1.807) is 7.11 Å². The summed E-state index contributed by atoms with van der Waals surface area (Å²) in [7, 11) is 1.64. The maximum absolute atomic E-state index is 9.31. The Morgan fingerprint density at radius 1 is 1.29 bits per heavy atom. The second kappa shape index (κ2) is 8.35. The van der Waals surface area contributed by atoms with Gasteiger partial charge in [0.25, 0.3) is 0 Å². The standard InChI is InChI=1S/C21H23N7O3/c1-29-16-5-6-28-18(8-16)26-27-19(28)13-3-2-4-15(7-13)24-21-23-10-14(9-22)20(25-21)31-17-11-30-12-17/h5-6,8,10,13,15,17H,2-4,7,11-12H2,1H3,(H,23,24,25)/t13-,15+/m0/s1. The Morgan fingerprint density at radius 3 is 2.97 bits per heavy atom. The van der Waals surface area contributed by atoms with E-state index in [2.05, 4.69) is 31.6 Å². The zero-order chi connectivity index (χ0) is 21.2. The Kier molecular flexibility index (Phi) is 5.26. The van der Waals surface area contributed by atoms with E-state index in [-0.39, 0.29) is 18.1 Å². The van der Waals surface area contributed by atoms with Gasteiger partial charge in [0.1, 0.15) is 29.3 Å². The molecule has 3 aromatic rings. The number of hydrogen-bond acceptors (Lipinski definition) is 9. The normalized spacial score (nSPS) is 21.3. The van der Waals surface area contributed by atoms with Crippen LogP contribution in [0, 0.1) is 11.3 Å². The van der Waals surface area contributed by atoms with Crippen LogP contribution in [0.5, 0.6) is 11.6 Å². The Labute approximate surface area is 179 Å². The van der Waals surface area contributed by atoms with Crippen molar-refractivity contribution in [1.82, 2.24) is 24.6 Å². The van der Waals surface area contributed by atoms with E-state index < -0.39 is 0 Å². The van der Waals surface area contributed by atoms with Gasteiger partial charge < -0.3 is 19.5 Å². The van der Waals surface area contributed by atoms with Gasteiger partial charge in [0.15, 0.2) is 5.65 Å². The molecule has 2 fully saturated rings. The topological polar surface area (TPSA) is 119 Å². The summed E-state index contributed by atoms with van der Waals surface area (Å²) >= 11 is 0. The minimum Gasteiger partial charge on any atom is -0.497 e. The Morgan fingerprint density at radius 2 is 2.19 bits per heavy atom. The fourth-order valence-electron chi connectivity index (χ4n) is 4.08. The third-order valence-electron chi connectivity index (χ3n) is 5.78. The molecule has 0 radical (unpaired) electrons.